The van der Waals surface area contributed by atoms with E-state index >= 15 is 0 Å². The quantitative estimate of drug-likeness (QED) is 0.0699. The molecular weight excluding hydrogens is 661 g/mol. The maximum absolute atomic E-state index is 2.86. The van der Waals surface area contributed by atoms with Crippen LogP contribution in [0.1, 0.15) is 241 Å². The van der Waals surface area contributed by atoms with E-state index in [2.05, 4.69) is 78.0 Å². The molecule has 0 aromatic carbocycles. The molecule has 0 amide bonds. The highest BCUT2D eigenvalue weighted by atomic mass is 14.6. The first kappa shape index (κ1) is 44.5. The Kier molecular flexibility index (Phi) is 18.7. The molecule has 0 heteroatoms. The van der Waals surface area contributed by atoms with Gasteiger partial charge in [-0.3, -0.25) is 0 Å². The van der Waals surface area contributed by atoms with Crippen molar-refractivity contribution in [2.24, 2.45) is 34.5 Å². The molecule has 0 saturated heterocycles. The molecule has 0 aliphatic heterocycles. The first-order valence-electron chi connectivity index (χ1n) is 25.2. The second-order valence-electron chi connectivity index (χ2n) is 19.8. The van der Waals surface area contributed by atoms with Crippen LogP contribution in [0.4, 0.5) is 0 Å². The minimum absolute atomic E-state index is 0.331. The average Bonchev–Trinajstić information content (AvgIpc) is 3.29. The van der Waals surface area contributed by atoms with Crippen LogP contribution in [-0.4, -0.2) is 0 Å². The maximum Gasteiger partial charge on any atom is 0.0136 e. The summed E-state index contributed by atoms with van der Waals surface area (Å²) in [5.74, 6) is 2.81. The minimum Gasteiger partial charge on any atom is -0.0808 e. The first-order valence-corrected chi connectivity index (χ1v) is 25.2. The molecule has 4 unspecified atom stereocenters. The van der Waals surface area contributed by atoms with Crippen molar-refractivity contribution in [1.82, 2.24) is 0 Å². The summed E-state index contributed by atoms with van der Waals surface area (Å²) < 4.78 is 0. The van der Waals surface area contributed by atoms with Gasteiger partial charge in [0.05, 0.1) is 0 Å². The summed E-state index contributed by atoms with van der Waals surface area (Å²) in [5.41, 5.74) is 11.5. The number of hydrogen-bond acceptors (Lipinski definition) is 0. The molecule has 0 radical (unpaired) electrons. The van der Waals surface area contributed by atoms with Crippen molar-refractivity contribution in [3.05, 3.63) is 69.9 Å². The van der Waals surface area contributed by atoms with E-state index in [0.29, 0.717) is 22.7 Å². The molecule has 0 heterocycles. The van der Waals surface area contributed by atoms with E-state index in [0.717, 1.165) is 11.8 Å². The lowest BCUT2D eigenvalue weighted by molar-refractivity contribution is 0.0694. The lowest BCUT2D eigenvalue weighted by Crippen LogP contribution is -2.45. The molecule has 310 valence electrons. The van der Waals surface area contributed by atoms with E-state index in [4.69, 9.17) is 0 Å². The van der Waals surface area contributed by atoms with Gasteiger partial charge in [-0.15, -0.1) is 0 Å². The SMILES string of the molecule is CCCCCCCCC1(CCCCCCCC)C2=C(C=CC(C)C2)C2=C1CC1C3C=CC(C)=CC(=C3)C(CCCCCCCC)(CCCCCCCC)C1C2. The van der Waals surface area contributed by atoms with Gasteiger partial charge in [0.1, 0.15) is 0 Å². The molecule has 0 aromatic heterocycles. The van der Waals surface area contributed by atoms with Crippen molar-refractivity contribution in [1.29, 1.82) is 0 Å². The summed E-state index contributed by atoms with van der Waals surface area (Å²) in [6.07, 6.45) is 59.7. The van der Waals surface area contributed by atoms with E-state index in [1.165, 1.54) is 205 Å². The molecule has 0 saturated carbocycles. The monoisotopic (exact) mass is 751 g/mol. The summed E-state index contributed by atoms with van der Waals surface area (Å²) in [5, 5.41) is 0. The Morgan fingerprint density at radius 2 is 1.02 bits per heavy atom. The third kappa shape index (κ3) is 11.3. The van der Waals surface area contributed by atoms with Gasteiger partial charge >= 0.3 is 0 Å². The Balaban J connectivity index is 1.52. The van der Waals surface area contributed by atoms with Crippen LogP contribution in [0.2, 0.25) is 0 Å². The lowest BCUT2D eigenvalue weighted by Gasteiger charge is -2.54. The van der Waals surface area contributed by atoms with Gasteiger partial charge < -0.3 is 0 Å². The van der Waals surface area contributed by atoms with E-state index in [1.54, 1.807) is 11.1 Å². The number of fused-ring (bicyclic) bond motifs is 4. The molecule has 0 spiro atoms. The van der Waals surface area contributed by atoms with Crippen LogP contribution in [0.25, 0.3) is 0 Å². The summed E-state index contributed by atoms with van der Waals surface area (Å²) in [7, 11) is 0. The highest BCUT2D eigenvalue weighted by Gasteiger charge is 2.56. The third-order valence-corrected chi connectivity index (χ3v) is 15.7. The lowest BCUT2D eigenvalue weighted by atomic mass is 9.50. The molecule has 2 bridgehead atoms. The van der Waals surface area contributed by atoms with Gasteiger partial charge in [-0.05, 0) is 97.7 Å². The van der Waals surface area contributed by atoms with Crippen LogP contribution in [-0.2, 0) is 0 Å². The summed E-state index contributed by atoms with van der Waals surface area (Å²) in [6, 6.07) is 0. The van der Waals surface area contributed by atoms with Gasteiger partial charge in [0, 0.05) is 5.41 Å². The van der Waals surface area contributed by atoms with Crippen LogP contribution in [0, 0.1) is 34.5 Å². The van der Waals surface area contributed by atoms with Crippen molar-refractivity contribution in [3.8, 4) is 0 Å². The Hall–Kier alpha value is -1.56. The summed E-state index contributed by atoms with van der Waals surface area (Å²) in [4.78, 5) is 0. The van der Waals surface area contributed by atoms with Crippen LogP contribution in [0.3, 0.4) is 0 Å². The fourth-order valence-corrected chi connectivity index (χ4v) is 12.6. The minimum atomic E-state index is 0.331. The van der Waals surface area contributed by atoms with Crippen molar-refractivity contribution in [2.45, 2.75) is 241 Å². The normalized spacial score (nSPS) is 24.8. The molecule has 5 rings (SSSR count). The van der Waals surface area contributed by atoms with Crippen LogP contribution < -0.4 is 0 Å². The van der Waals surface area contributed by atoms with Crippen molar-refractivity contribution < 1.29 is 0 Å². The molecule has 0 aromatic rings. The molecular formula is C55H90. The molecule has 55 heavy (non-hydrogen) atoms. The highest BCUT2D eigenvalue weighted by Crippen LogP contribution is 2.67. The fraction of sp³-hybridized carbons (Fsp3) is 0.782. The Bertz CT molecular complexity index is 1310. The van der Waals surface area contributed by atoms with Crippen molar-refractivity contribution >= 4 is 0 Å². The first-order chi connectivity index (χ1) is 26.9. The van der Waals surface area contributed by atoms with Gasteiger partial charge in [-0.2, -0.15) is 0 Å². The maximum atomic E-state index is 2.86. The molecule has 0 nitrogen and oxygen atoms in total. The number of allylic oxidation sites excluding steroid dienone is 12. The standard InChI is InChI=1S/C55H90/c1-7-11-15-19-23-27-35-54(36-28-24-20-16-12-8-2)47-39-44(5)31-33-46(41-47)49-42-53-50(43-52(49)54)48-34-32-45(6)40-51(48)55(53,37-29-25-21-17-13-9-3)38-30-26-22-18-14-10-4/h31-34,39,41,45-46,49,52H,7-30,35-38,40,42-43H2,1-6H3. The predicted molar refractivity (Wildman–Crippen MR) is 244 cm³/mol. The molecule has 0 N–H and O–H groups in total. The van der Waals surface area contributed by atoms with Gasteiger partial charge in [0.2, 0.25) is 0 Å². The average molecular weight is 751 g/mol. The number of rotatable bonds is 28. The second-order valence-corrected chi connectivity index (χ2v) is 19.8. The van der Waals surface area contributed by atoms with E-state index in [9.17, 15) is 0 Å². The van der Waals surface area contributed by atoms with Gasteiger partial charge in [-0.25, -0.2) is 0 Å². The van der Waals surface area contributed by atoms with Gasteiger partial charge in [0.15, 0.2) is 0 Å². The second kappa shape index (κ2) is 23.1. The molecule has 4 atom stereocenters. The molecule has 0 fully saturated rings. The van der Waals surface area contributed by atoms with Gasteiger partial charge in [-0.1, -0.05) is 242 Å². The highest BCUT2D eigenvalue weighted by molar-refractivity contribution is 5.61. The van der Waals surface area contributed by atoms with E-state index < -0.39 is 0 Å². The van der Waals surface area contributed by atoms with Crippen LogP contribution >= 0.6 is 0 Å². The third-order valence-electron chi connectivity index (χ3n) is 15.7. The van der Waals surface area contributed by atoms with E-state index in [-0.39, 0.29) is 0 Å². The Morgan fingerprint density at radius 1 is 0.527 bits per heavy atom. The molecule has 5 aliphatic carbocycles. The summed E-state index contributed by atoms with van der Waals surface area (Å²) in [6.45, 7) is 14.4. The summed E-state index contributed by atoms with van der Waals surface area (Å²) >= 11 is 0. The number of unbranched alkanes of at least 4 members (excludes halogenated alkanes) is 20. The Labute approximate surface area is 343 Å². The Morgan fingerprint density at radius 3 is 1.55 bits per heavy atom. The largest absolute Gasteiger partial charge is 0.0808 e. The van der Waals surface area contributed by atoms with Crippen molar-refractivity contribution in [3.63, 3.8) is 0 Å². The van der Waals surface area contributed by atoms with Crippen LogP contribution in [0.15, 0.2) is 69.9 Å². The topological polar surface area (TPSA) is 0 Å². The fourth-order valence-electron chi connectivity index (χ4n) is 12.6. The number of hydrogen-bond donors (Lipinski definition) is 0. The zero-order valence-corrected chi connectivity index (χ0v) is 37.7. The van der Waals surface area contributed by atoms with Crippen LogP contribution in [0.5, 0.6) is 0 Å². The van der Waals surface area contributed by atoms with E-state index in [1.807, 2.05) is 16.7 Å². The zero-order valence-electron chi connectivity index (χ0n) is 37.7. The van der Waals surface area contributed by atoms with Gasteiger partial charge in [0.25, 0.3) is 0 Å². The predicted octanol–water partition coefficient (Wildman–Crippen LogP) is 18.3. The smallest absolute Gasteiger partial charge is 0.0136 e. The van der Waals surface area contributed by atoms with Crippen molar-refractivity contribution in [2.75, 3.05) is 0 Å². The molecule has 5 aliphatic rings. The zero-order chi connectivity index (χ0) is 38.9.